The number of fused-ring (bicyclic) bond motifs is 1. The van der Waals surface area contributed by atoms with Crippen molar-refractivity contribution in [3.8, 4) is 0 Å². The first-order chi connectivity index (χ1) is 17.3. The number of carbonyl (C=O) groups is 3. The summed E-state index contributed by atoms with van der Waals surface area (Å²) in [6.45, 7) is 9.05. The molecule has 2 aliphatic rings. The molecule has 1 fully saturated rings. The molecule has 4 rings (SSSR count). The van der Waals surface area contributed by atoms with Crippen molar-refractivity contribution in [2.75, 3.05) is 60.9 Å². The molecule has 0 atom stereocenters. The minimum absolute atomic E-state index is 0.0613. The second-order valence-corrected chi connectivity index (χ2v) is 10.0. The molecular weight excluding hydrogens is 478 g/mol. The number of nitrogens with zero attached hydrogens (tertiary/aromatic N) is 3. The highest BCUT2D eigenvalue weighted by molar-refractivity contribution is 6.39. The maximum atomic E-state index is 12.6. The Hall–Kier alpha value is -3.10. The van der Waals surface area contributed by atoms with Gasteiger partial charge in [0.1, 0.15) is 0 Å². The van der Waals surface area contributed by atoms with E-state index in [1.165, 1.54) is 0 Å². The van der Waals surface area contributed by atoms with Gasteiger partial charge < -0.3 is 20.4 Å². The van der Waals surface area contributed by atoms with Gasteiger partial charge in [0, 0.05) is 73.8 Å². The lowest BCUT2D eigenvalue weighted by molar-refractivity contribution is -0.136. The summed E-state index contributed by atoms with van der Waals surface area (Å²) in [4.78, 5) is 43.8. The molecule has 0 radical (unpaired) electrons. The molecule has 0 spiro atoms. The number of aryl methyl sites for hydroxylation is 1. The zero-order valence-corrected chi connectivity index (χ0v) is 21.7. The SMILES string of the molecule is CC(C)C(=O)N1CCCc2ccc(NC(=O)C(=O)NCCN3CCN(c4ccc(Cl)cc4)CC3)cc21. The van der Waals surface area contributed by atoms with Crippen molar-refractivity contribution < 1.29 is 14.4 Å². The minimum atomic E-state index is -0.708. The van der Waals surface area contributed by atoms with Gasteiger partial charge in [0.15, 0.2) is 0 Å². The lowest BCUT2D eigenvalue weighted by atomic mass is 9.99. The van der Waals surface area contributed by atoms with Crippen LogP contribution in [0.2, 0.25) is 5.02 Å². The molecule has 2 N–H and O–H groups in total. The van der Waals surface area contributed by atoms with Gasteiger partial charge in [0.2, 0.25) is 5.91 Å². The number of nitrogens with one attached hydrogen (secondary N) is 2. The van der Waals surface area contributed by atoms with Gasteiger partial charge in [-0.2, -0.15) is 0 Å². The van der Waals surface area contributed by atoms with Crippen molar-refractivity contribution in [1.29, 1.82) is 0 Å². The molecule has 2 heterocycles. The highest BCUT2D eigenvalue weighted by Gasteiger charge is 2.25. The van der Waals surface area contributed by atoms with Crippen LogP contribution in [0.15, 0.2) is 42.5 Å². The van der Waals surface area contributed by atoms with E-state index in [1.54, 1.807) is 17.0 Å². The molecule has 3 amide bonds. The third-order valence-corrected chi connectivity index (χ3v) is 6.96. The van der Waals surface area contributed by atoms with E-state index in [4.69, 9.17) is 11.6 Å². The number of benzene rings is 2. The fraction of sp³-hybridized carbons (Fsp3) is 0.444. The van der Waals surface area contributed by atoms with Gasteiger partial charge in [-0.25, -0.2) is 0 Å². The topological polar surface area (TPSA) is 85.0 Å². The molecule has 9 heteroatoms. The van der Waals surface area contributed by atoms with Crippen molar-refractivity contribution in [2.45, 2.75) is 26.7 Å². The van der Waals surface area contributed by atoms with Gasteiger partial charge >= 0.3 is 11.8 Å². The Bertz CT molecular complexity index is 1100. The summed E-state index contributed by atoms with van der Waals surface area (Å²) in [5.41, 5.74) is 3.56. The van der Waals surface area contributed by atoms with Gasteiger partial charge in [-0.15, -0.1) is 0 Å². The average Bonchev–Trinajstić information content (AvgIpc) is 2.88. The van der Waals surface area contributed by atoms with Crippen LogP contribution in [0.1, 0.15) is 25.8 Å². The third kappa shape index (κ3) is 6.36. The van der Waals surface area contributed by atoms with E-state index in [-0.39, 0.29) is 11.8 Å². The lowest BCUT2D eigenvalue weighted by Crippen LogP contribution is -2.49. The molecule has 2 aromatic rings. The summed E-state index contributed by atoms with van der Waals surface area (Å²) in [5.74, 6) is -1.42. The predicted molar refractivity (Wildman–Crippen MR) is 144 cm³/mol. The summed E-state index contributed by atoms with van der Waals surface area (Å²) in [7, 11) is 0. The largest absolute Gasteiger partial charge is 0.369 e. The normalized spacial score (nSPS) is 16.0. The Morgan fingerprint density at radius 3 is 2.36 bits per heavy atom. The van der Waals surface area contributed by atoms with Gasteiger partial charge in [-0.1, -0.05) is 31.5 Å². The number of hydrogen-bond donors (Lipinski definition) is 2. The number of anilines is 3. The molecule has 192 valence electrons. The second kappa shape index (κ2) is 11.8. The van der Waals surface area contributed by atoms with E-state index in [0.717, 1.165) is 61.0 Å². The average molecular weight is 512 g/mol. The molecule has 0 unspecified atom stereocenters. The number of piperazine rings is 1. The standard InChI is InChI=1S/C27H34ClN5O3/c1-19(2)27(36)33-12-3-4-20-5-8-22(18-24(20)33)30-26(35)25(34)29-11-13-31-14-16-32(17-15-31)23-9-6-21(28)7-10-23/h5-10,18-19H,3-4,11-17H2,1-2H3,(H,29,34)(H,30,35). The van der Waals surface area contributed by atoms with Crippen LogP contribution in [0.5, 0.6) is 0 Å². The molecule has 2 aromatic carbocycles. The fourth-order valence-electron chi connectivity index (χ4n) is 4.67. The molecule has 0 saturated carbocycles. The van der Waals surface area contributed by atoms with Crippen molar-refractivity contribution in [2.24, 2.45) is 5.92 Å². The number of carbonyl (C=O) groups excluding carboxylic acids is 3. The number of rotatable bonds is 6. The third-order valence-electron chi connectivity index (χ3n) is 6.71. The Labute approximate surface area is 217 Å². The minimum Gasteiger partial charge on any atom is -0.369 e. The quantitative estimate of drug-likeness (QED) is 0.582. The van der Waals surface area contributed by atoms with Crippen molar-refractivity contribution in [3.63, 3.8) is 0 Å². The van der Waals surface area contributed by atoms with Gasteiger partial charge in [-0.3, -0.25) is 19.3 Å². The first kappa shape index (κ1) is 26.0. The Balaban J connectivity index is 1.23. The Kier molecular flexibility index (Phi) is 8.48. The lowest BCUT2D eigenvalue weighted by Gasteiger charge is -2.36. The Morgan fingerprint density at radius 1 is 0.944 bits per heavy atom. The maximum Gasteiger partial charge on any atom is 0.313 e. The first-order valence-corrected chi connectivity index (χ1v) is 13.0. The maximum absolute atomic E-state index is 12.6. The number of hydrogen-bond acceptors (Lipinski definition) is 5. The molecule has 2 aliphatic heterocycles. The molecule has 8 nitrogen and oxygen atoms in total. The predicted octanol–water partition coefficient (Wildman–Crippen LogP) is 3.15. The molecule has 1 saturated heterocycles. The monoisotopic (exact) mass is 511 g/mol. The van der Waals surface area contributed by atoms with Crippen molar-refractivity contribution >= 4 is 46.4 Å². The van der Waals surface area contributed by atoms with E-state index < -0.39 is 11.8 Å². The van der Waals surface area contributed by atoms with E-state index in [1.807, 2.05) is 44.2 Å². The van der Waals surface area contributed by atoms with E-state index in [9.17, 15) is 14.4 Å². The van der Waals surface area contributed by atoms with Crippen LogP contribution in [0, 0.1) is 5.92 Å². The van der Waals surface area contributed by atoms with E-state index in [2.05, 4.69) is 20.4 Å². The van der Waals surface area contributed by atoms with Crippen LogP contribution >= 0.6 is 11.6 Å². The molecule has 36 heavy (non-hydrogen) atoms. The molecule has 0 aliphatic carbocycles. The van der Waals surface area contributed by atoms with E-state index >= 15 is 0 Å². The summed E-state index contributed by atoms with van der Waals surface area (Å²) in [6.07, 6.45) is 1.80. The van der Waals surface area contributed by atoms with Gasteiger partial charge in [0.05, 0.1) is 0 Å². The van der Waals surface area contributed by atoms with Crippen LogP contribution < -0.4 is 20.4 Å². The van der Waals surface area contributed by atoms with Gasteiger partial charge in [-0.05, 0) is 54.8 Å². The highest BCUT2D eigenvalue weighted by atomic mass is 35.5. The zero-order chi connectivity index (χ0) is 25.7. The molecular formula is C27H34ClN5O3. The van der Waals surface area contributed by atoms with Gasteiger partial charge in [0.25, 0.3) is 0 Å². The molecule has 0 aromatic heterocycles. The summed E-state index contributed by atoms with van der Waals surface area (Å²) < 4.78 is 0. The first-order valence-electron chi connectivity index (χ1n) is 12.6. The summed E-state index contributed by atoms with van der Waals surface area (Å²) >= 11 is 5.98. The van der Waals surface area contributed by atoms with Crippen LogP contribution in [0.3, 0.4) is 0 Å². The molecule has 0 bridgehead atoms. The Morgan fingerprint density at radius 2 is 1.67 bits per heavy atom. The van der Waals surface area contributed by atoms with Crippen LogP contribution in [0.25, 0.3) is 0 Å². The van der Waals surface area contributed by atoms with Crippen molar-refractivity contribution in [1.82, 2.24) is 10.2 Å². The highest BCUT2D eigenvalue weighted by Crippen LogP contribution is 2.31. The van der Waals surface area contributed by atoms with Crippen LogP contribution in [-0.4, -0.2) is 68.4 Å². The van der Waals surface area contributed by atoms with Crippen LogP contribution in [-0.2, 0) is 20.8 Å². The second-order valence-electron chi connectivity index (χ2n) is 9.61. The summed E-state index contributed by atoms with van der Waals surface area (Å²) in [6, 6.07) is 13.3. The van der Waals surface area contributed by atoms with Crippen LogP contribution in [0.4, 0.5) is 17.1 Å². The number of halogens is 1. The smallest absolute Gasteiger partial charge is 0.313 e. The summed E-state index contributed by atoms with van der Waals surface area (Å²) in [5, 5.41) is 6.12. The van der Waals surface area contributed by atoms with Crippen molar-refractivity contribution in [3.05, 3.63) is 53.1 Å². The number of amides is 3. The zero-order valence-electron chi connectivity index (χ0n) is 20.9. The van der Waals surface area contributed by atoms with E-state index in [0.29, 0.717) is 25.3 Å². The fourth-order valence-corrected chi connectivity index (χ4v) is 4.80.